The molecular formula is C57H51N5O. The fraction of sp³-hybridized carbons (Fsp3) is 0.175. The van der Waals surface area contributed by atoms with Crippen molar-refractivity contribution in [2.45, 2.75) is 54.3 Å². The van der Waals surface area contributed by atoms with Crippen molar-refractivity contribution < 1.29 is 25.8 Å². The van der Waals surface area contributed by atoms with Crippen LogP contribution in [0.2, 0.25) is 0 Å². The van der Waals surface area contributed by atoms with Gasteiger partial charge in [-0.05, 0) is 87.8 Å². The second-order valence-electron chi connectivity index (χ2n) is 17.8. The SMILES string of the molecule is [2H]c1c([2H])c([2H])c(-c2cccc(-c3c([2H])c([2H])c([2H])c([2H])c3[2H])c2-[n+]2[c-]n(-c3cc(CC(C)(C)C)nc(Oc4ccc5c6ccccc6n(-c6cc(C([2H])([2H])C(C)(C)C)ccn6)c5c4)c3)c3ccccc32)c([2H])c1[2H]. The van der Waals surface area contributed by atoms with Crippen molar-refractivity contribution >= 4 is 32.8 Å². The number of rotatable bonds is 9. The normalized spacial score (nSPS) is 15.0. The molecule has 0 radical (unpaired) electrons. The molecule has 0 N–H and O–H groups in total. The molecule has 6 nitrogen and oxygen atoms in total. The van der Waals surface area contributed by atoms with E-state index in [1.807, 2.05) is 98.1 Å². The van der Waals surface area contributed by atoms with Crippen molar-refractivity contribution in [3.05, 3.63) is 193 Å². The summed E-state index contributed by atoms with van der Waals surface area (Å²) in [5.74, 6) is 1.26. The first kappa shape index (κ1) is 28.3. The van der Waals surface area contributed by atoms with Crippen LogP contribution in [0.25, 0.3) is 72.3 Å². The Balaban J connectivity index is 1.19. The summed E-state index contributed by atoms with van der Waals surface area (Å²) < 4.78 is 118. The number of fused-ring (bicyclic) bond motifs is 4. The number of pyridine rings is 2. The van der Waals surface area contributed by atoms with Crippen LogP contribution in [-0.4, -0.2) is 19.1 Å². The van der Waals surface area contributed by atoms with Gasteiger partial charge in [0.2, 0.25) is 5.88 Å². The molecule has 0 saturated carbocycles. The van der Waals surface area contributed by atoms with E-state index in [1.165, 1.54) is 0 Å². The summed E-state index contributed by atoms with van der Waals surface area (Å²) in [7, 11) is 0. The maximum atomic E-state index is 9.09. The lowest BCUT2D eigenvalue weighted by Gasteiger charge is -2.19. The van der Waals surface area contributed by atoms with E-state index in [-0.39, 0.29) is 39.2 Å². The zero-order valence-electron chi connectivity index (χ0n) is 47.8. The van der Waals surface area contributed by atoms with Gasteiger partial charge in [0.1, 0.15) is 11.6 Å². The van der Waals surface area contributed by atoms with E-state index in [2.05, 4.69) is 27.1 Å². The number of ether oxygens (including phenoxy) is 1. The van der Waals surface area contributed by atoms with Crippen LogP contribution in [0.4, 0.5) is 0 Å². The van der Waals surface area contributed by atoms with E-state index in [1.54, 1.807) is 51.7 Å². The molecule has 4 aromatic heterocycles. The first-order valence-corrected chi connectivity index (χ1v) is 20.8. The average molecular weight is 834 g/mol. The Labute approximate surface area is 386 Å². The topological polar surface area (TPSA) is 48.8 Å². The van der Waals surface area contributed by atoms with Crippen LogP contribution < -0.4 is 9.30 Å². The smallest absolute Gasteiger partial charge is 0.269 e. The van der Waals surface area contributed by atoms with E-state index < -0.39 is 72.2 Å². The van der Waals surface area contributed by atoms with Crippen molar-refractivity contribution in [3.8, 4) is 51.1 Å². The van der Waals surface area contributed by atoms with Crippen molar-refractivity contribution in [3.63, 3.8) is 0 Å². The Kier molecular flexibility index (Phi) is 7.13. The van der Waals surface area contributed by atoms with Crippen LogP contribution in [0.5, 0.6) is 11.6 Å². The Morgan fingerprint density at radius 1 is 0.667 bits per heavy atom. The van der Waals surface area contributed by atoms with E-state index in [0.29, 0.717) is 46.0 Å². The van der Waals surface area contributed by atoms with E-state index in [9.17, 15) is 0 Å². The first-order valence-electron chi connectivity index (χ1n) is 26.8. The highest BCUT2D eigenvalue weighted by molar-refractivity contribution is 6.09. The summed E-state index contributed by atoms with van der Waals surface area (Å²) in [6.45, 7) is 11.9. The predicted molar refractivity (Wildman–Crippen MR) is 257 cm³/mol. The summed E-state index contributed by atoms with van der Waals surface area (Å²) in [5, 5.41) is 1.91. The van der Waals surface area contributed by atoms with Gasteiger partial charge in [0.05, 0.1) is 47.1 Å². The zero-order valence-corrected chi connectivity index (χ0v) is 35.8. The fourth-order valence-corrected chi connectivity index (χ4v) is 8.17. The molecule has 0 amide bonds. The Hall–Kier alpha value is -7.31. The van der Waals surface area contributed by atoms with Crippen molar-refractivity contribution in [2.75, 3.05) is 0 Å². The summed E-state index contributed by atoms with van der Waals surface area (Å²) in [6.07, 6.45) is 3.98. The van der Waals surface area contributed by atoms with Gasteiger partial charge in [0, 0.05) is 37.5 Å². The standard InChI is InChI=1S/C57H51N5O/c1-56(2,3)36-39-30-31-58-53(32-39)62-49-25-14-13-22-47(49)48-29-28-44(35-52(48)62)63-54-34-43(33-42(59-54)37-57(4,5)6)60-38-61(51-27-16-15-26-50(51)60)55-45(40-18-9-7-10-19-40)23-17-24-46(55)41-20-11-8-12-21-41/h7-35H,36-37H2,1-6H3/i7D,8D,9D,10D,11D,12D,18D,19D,20D,21D,36D2. The second-order valence-corrected chi connectivity index (χ2v) is 17.8. The van der Waals surface area contributed by atoms with Gasteiger partial charge in [0.15, 0.2) is 0 Å². The molecule has 4 heterocycles. The quantitative estimate of drug-likeness (QED) is 0.107. The third-order valence-corrected chi connectivity index (χ3v) is 10.5. The lowest BCUT2D eigenvalue weighted by atomic mass is 9.88. The number of para-hydroxylation sites is 4. The molecule has 0 aliphatic heterocycles. The van der Waals surface area contributed by atoms with Gasteiger partial charge in [0.25, 0.3) is 6.33 Å². The summed E-state index contributed by atoms with van der Waals surface area (Å²) in [4.78, 5) is 9.81. The van der Waals surface area contributed by atoms with Gasteiger partial charge < -0.3 is 4.74 Å². The molecule has 0 bridgehead atoms. The van der Waals surface area contributed by atoms with Gasteiger partial charge in [-0.3, -0.25) is 13.7 Å². The third-order valence-electron chi connectivity index (χ3n) is 10.5. The fourth-order valence-electron chi connectivity index (χ4n) is 8.17. The molecule has 6 aromatic carbocycles. The van der Waals surface area contributed by atoms with E-state index in [4.69, 9.17) is 31.2 Å². The number of nitrogens with zero attached hydrogens (tertiary/aromatic N) is 5. The van der Waals surface area contributed by atoms with E-state index in [0.717, 1.165) is 21.8 Å². The molecule has 6 heteroatoms. The van der Waals surface area contributed by atoms with Crippen LogP contribution in [0.1, 0.15) is 69.2 Å². The molecule has 0 fully saturated rings. The predicted octanol–water partition coefficient (Wildman–Crippen LogP) is 13.9. The van der Waals surface area contributed by atoms with Crippen LogP contribution >= 0.6 is 0 Å². The number of aromatic nitrogens is 5. The lowest BCUT2D eigenvalue weighted by molar-refractivity contribution is -0.571. The van der Waals surface area contributed by atoms with Crippen LogP contribution in [0.3, 0.4) is 0 Å². The highest BCUT2D eigenvalue weighted by Crippen LogP contribution is 2.38. The molecule has 0 unspecified atom stereocenters. The summed E-state index contributed by atoms with van der Waals surface area (Å²) in [5.41, 5.74) is 3.75. The van der Waals surface area contributed by atoms with Crippen LogP contribution in [0, 0.1) is 17.2 Å². The molecule has 10 aromatic rings. The zero-order chi connectivity index (χ0) is 53.8. The van der Waals surface area contributed by atoms with Crippen molar-refractivity contribution in [1.82, 2.24) is 19.1 Å². The number of imidazole rings is 1. The number of hydrogen-bond acceptors (Lipinski definition) is 3. The Bertz CT molecular complexity index is 3840. The van der Waals surface area contributed by atoms with Crippen LogP contribution in [0.15, 0.2) is 176 Å². The number of hydrogen-bond donors (Lipinski definition) is 0. The molecule has 0 atom stereocenters. The maximum absolute atomic E-state index is 9.09. The minimum absolute atomic E-state index is 0.135. The third kappa shape index (κ3) is 8.01. The first-order chi connectivity index (χ1) is 35.4. The van der Waals surface area contributed by atoms with Gasteiger partial charge >= 0.3 is 0 Å². The number of benzene rings is 6. The lowest BCUT2D eigenvalue weighted by Crippen LogP contribution is -2.31. The highest BCUT2D eigenvalue weighted by Gasteiger charge is 2.22. The van der Waals surface area contributed by atoms with Gasteiger partial charge in [-0.25, -0.2) is 9.97 Å². The monoisotopic (exact) mass is 833 g/mol. The summed E-state index contributed by atoms with van der Waals surface area (Å²) in [6, 6.07) is 27.7. The largest absolute Gasteiger partial charge is 0.440 e. The van der Waals surface area contributed by atoms with Crippen molar-refractivity contribution in [2.24, 2.45) is 10.8 Å². The molecule has 63 heavy (non-hydrogen) atoms. The van der Waals surface area contributed by atoms with E-state index >= 15 is 0 Å². The minimum atomic E-state index is -1.67. The average Bonchev–Trinajstić information content (AvgIpc) is 3.93. The highest BCUT2D eigenvalue weighted by atomic mass is 16.5. The minimum Gasteiger partial charge on any atom is -0.440 e. The maximum Gasteiger partial charge on any atom is 0.269 e. The molecule has 0 spiro atoms. The molecule has 10 rings (SSSR count). The molecule has 310 valence electrons. The Morgan fingerprint density at radius 2 is 1.33 bits per heavy atom. The molecule has 0 aliphatic carbocycles. The van der Waals surface area contributed by atoms with Crippen molar-refractivity contribution in [1.29, 1.82) is 0 Å². The molecule has 0 aliphatic rings. The van der Waals surface area contributed by atoms with Gasteiger partial charge in [-0.2, -0.15) is 0 Å². The summed E-state index contributed by atoms with van der Waals surface area (Å²) >= 11 is 0. The molecule has 0 saturated heterocycles. The van der Waals surface area contributed by atoms with Crippen LogP contribution in [-0.2, 0) is 12.8 Å². The van der Waals surface area contributed by atoms with Gasteiger partial charge in [-0.15, -0.1) is 0 Å². The second kappa shape index (κ2) is 15.9. The molecular weight excluding hydrogens is 771 g/mol. The Morgan fingerprint density at radius 3 is 2.03 bits per heavy atom. The van der Waals surface area contributed by atoms with Gasteiger partial charge in [-0.1, -0.05) is 163 Å².